The van der Waals surface area contributed by atoms with Gasteiger partial charge in [0.2, 0.25) is 0 Å². The van der Waals surface area contributed by atoms with E-state index in [9.17, 15) is 4.79 Å². The molecule has 1 atom stereocenters. The van der Waals surface area contributed by atoms with Gasteiger partial charge in [-0.25, -0.2) is 4.79 Å². The van der Waals surface area contributed by atoms with Crippen molar-refractivity contribution < 1.29 is 9.90 Å². The van der Waals surface area contributed by atoms with Gasteiger partial charge in [-0.15, -0.1) is 0 Å². The Bertz CT molecular complexity index is 404. The van der Waals surface area contributed by atoms with Crippen LogP contribution in [-0.4, -0.2) is 11.1 Å². The van der Waals surface area contributed by atoms with E-state index in [2.05, 4.69) is 6.07 Å². The van der Waals surface area contributed by atoms with Crippen LogP contribution in [0.5, 0.6) is 0 Å². The predicted octanol–water partition coefficient (Wildman–Crippen LogP) is 2.32. The lowest BCUT2D eigenvalue weighted by molar-refractivity contribution is 0.0696. The van der Waals surface area contributed by atoms with Gasteiger partial charge in [-0.3, -0.25) is 0 Å². The van der Waals surface area contributed by atoms with Crippen LogP contribution in [0.3, 0.4) is 0 Å². The molecule has 0 amide bonds. The molecule has 0 aliphatic rings. The van der Waals surface area contributed by atoms with Gasteiger partial charge in [0, 0.05) is 0 Å². The van der Waals surface area contributed by atoms with E-state index in [1.807, 2.05) is 0 Å². The molecule has 0 heterocycles. The molecule has 0 aromatic heterocycles. The van der Waals surface area contributed by atoms with Gasteiger partial charge in [-0.2, -0.15) is 5.26 Å². The molecule has 0 aliphatic heterocycles. The quantitative estimate of drug-likeness (QED) is 0.776. The number of nitriles is 1. The molecule has 0 aliphatic carbocycles. The molecule has 0 saturated heterocycles. The third-order valence-electron chi connectivity index (χ3n) is 2.17. The van der Waals surface area contributed by atoms with Crippen LogP contribution in [0.25, 0.3) is 0 Å². The Morgan fingerprint density at radius 2 is 2.21 bits per heavy atom. The highest BCUT2D eigenvalue weighted by atomic mass is 16.4. The van der Waals surface area contributed by atoms with Crippen LogP contribution in [0.2, 0.25) is 0 Å². The Morgan fingerprint density at radius 1 is 1.57 bits per heavy atom. The second-order valence-corrected chi connectivity index (χ2v) is 3.23. The summed E-state index contributed by atoms with van der Waals surface area (Å²) in [7, 11) is 0. The predicted molar refractivity (Wildman–Crippen MR) is 52.2 cm³/mol. The standard InChI is InChI=1S/C11H11NO2/c1-7-5-9(8(2)6-12)3-4-10(7)11(13)14/h3-5,8H,1-2H3,(H,13,14). The van der Waals surface area contributed by atoms with Crippen molar-refractivity contribution in [1.29, 1.82) is 5.26 Å². The van der Waals surface area contributed by atoms with Gasteiger partial charge in [-0.05, 0) is 31.0 Å². The molecular weight excluding hydrogens is 178 g/mol. The monoisotopic (exact) mass is 189 g/mol. The lowest BCUT2D eigenvalue weighted by atomic mass is 9.98. The summed E-state index contributed by atoms with van der Waals surface area (Å²) in [5, 5.41) is 17.5. The van der Waals surface area contributed by atoms with E-state index in [4.69, 9.17) is 10.4 Å². The van der Waals surface area contributed by atoms with Crippen molar-refractivity contribution in [3.63, 3.8) is 0 Å². The number of benzene rings is 1. The SMILES string of the molecule is Cc1cc(C(C)C#N)ccc1C(=O)O. The molecule has 1 aromatic rings. The van der Waals surface area contributed by atoms with Crippen molar-refractivity contribution in [2.45, 2.75) is 19.8 Å². The van der Waals surface area contributed by atoms with Gasteiger partial charge in [0.25, 0.3) is 0 Å². The number of rotatable bonds is 2. The van der Waals surface area contributed by atoms with E-state index in [-0.39, 0.29) is 5.92 Å². The molecule has 0 spiro atoms. The van der Waals surface area contributed by atoms with Crippen LogP contribution in [0.4, 0.5) is 0 Å². The highest BCUT2D eigenvalue weighted by molar-refractivity contribution is 5.89. The number of hydrogen-bond donors (Lipinski definition) is 1. The summed E-state index contributed by atoms with van der Waals surface area (Å²) in [4.78, 5) is 10.7. The van der Waals surface area contributed by atoms with E-state index >= 15 is 0 Å². The van der Waals surface area contributed by atoms with Crippen LogP contribution < -0.4 is 0 Å². The molecule has 14 heavy (non-hydrogen) atoms. The lowest BCUT2D eigenvalue weighted by Crippen LogP contribution is -2.01. The van der Waals surface area contributed by atoms with Gasteiger partial charge in [0.15, 0.2) is 0 Å². The van der Waals surface area contributed by atoms with Crippen molar-refractivity contribution in [1.82, 2.24) is 0 Å². The van der Waals surface area contributed by atoms with Gasteiger partial charge in [0.1, 0.15) is 0 Å². The summed E-state index contributed by atoms with van der Waals surface area (Å²) in [6, 6.07) is 7.08. The van der Waals surface area contributed by atoms with Crippen LogP contribution in [0.15, 0.2) is 18.2 Å². The molecule has 0 bridgehead atoms. The lowest BCUT2D eigenvalue weighted by Gasteiger charge is -2.06. The van der Waals surface area contributed by atoms with E-state index in [1.54, 1.807) is 32.0 Å². The van der Waals surface area contributed by atoms with Crippen molar-refractivity contribution in [3.05, 3.63) is 34.9 Å². The molecule has 0 fully saturated rings. The number of hydrogen-bond acceptors (Lipinski definition) is 2. The van der Waals surface area contributed by atoms with Crippen molar-refractivity contribution >= 4 is 5.97 Å². The first-order valence-corrected chi connectivity index (χ1v) is 4.29. The van der Waals surface area contributed by atoms with Crippen LogP contribution in [-0.2, 0) is 0 Å². The largest absolute Gasteiger partial charge is 0.478 e. The van der Waals surface area contributed by atoms with Crippen molar-refractivity contribution in [2.75, 3.05) is 0 Å². The normalized spacial score (nSPS) is 11.8. The number of carboxylic acid groups (broad SMARTS) is 1. The fourth-order valence-corrected chi connectivity index (χ4v) is 1.27. The first-order valence-electron chi connectivity index (χ1n) is 4.29. The zero-order chi connectivity index (χ0) is 10.7. The first kappa shape index (κ1) is 10.3. The third kappa shape index (κ3) is 1.91. The third-order valence-corrected chi connectivity index (χ3v) is 2.17. The number of carboxylic acids is 1. The zero-order valence-corrected chi connectivity index (χ0v) is 8.11. The Morgan fingerprint density at radius 3 is 2.64 bits per heavy atom. The molecule has 1 aromatic carbocycles. The van der Waals surface area contributed by atoms with Gasteiger partial charge < -0.3 is 5.11 Å². The van der Waals surface area contributed by atoms with Crippen molar-refractivity contribution in [3.8, 4) is 6.07 Å². The second-order valence-electron chi connectivity index (χ2n) is 3.23. The summed E-state index contributed by atoms with van der Waals surface area (Å²) in [6.07, 6.45) is 0. The van der Waals surface area contributed by atoms with Gasteiger partial charge in [0.05, 0.1) is 17.6 Å². The highest BCUT2D eigenvalue weighted by Crippen LogP contribution is 2.18. The average molecular weight is 189 g/mol. The minimum Gasteiger partial charge on any atom is -0.478 e. The Balaban J connectivity index is 3.14. The maximum Gasteiger partial charge on any atom is 0.335 e. The molecule has 1 rings (SSSR count). The van der Waals surface area contributed by atoms with Gasteiger partial charge >= 0.3 is 5.97 Å². The summed E-state index contributed by atoms with van der Waals surface area (Å²) < 4.78 is 0. The number of carbonyl (C=O) groups is 1. The molecule has 1 N–H and O–H groups in total. The summed E-state index contributed by atoms with van der Waals surface area (Å²) in [6.45, 7) is 3.52. The molecule has 0 saturated carbocycles. The van der Waals surface area contributed by atoms with Crippen LogP contribution in [0, 0.1) is 18.3 Å². The maximum atomic E-state index is 10.7. The van der Waals surface area contributed by atoms with E-state index in [1.165, 1.54) is 0 Å². The molecule has 1 unspecified atom stereocenters. The van der Waals surface area contributed by atoms with E-state index in [0.29, 0.717) is 11.1 Å². The Labute approximate surface area is 82.6 Å². The summed E-state index contributed by atoms with van der Waals surface area (Å²) >= 11 is 0. The minimum absolute atomic E-state index is 0.198. The molecular formula is C11H11NO2. The smallest absolute Gasteiger partial charge is 0.335 e. The number of aromatic carboxylic acids is 1. The number of nitrogens with zero attached hydrogens (tertiary/aromatic N) is 1. The van der Waals surface area contributed by atoms with Crippen LogP contribution in [0.1, 0.15) is 34.3 Å². The van der Waals surface area contributed by atoms with Crippen LogP contribution >= 0.6 is 0 Å². The van der Waals surface area contributed by atoms with Crippen molar-refractivity contribution in [2.24, 2.45) is 0 Å². The average Bonchev–Trinajstić information content (AvgIpc) is 2.15. The Hall–Kier alpha value is -1.82. The van der Waals surface area contributed by atoms with E-state index in [0.717, 1.165) is 5.56 Å². The highest BCUT2D eigenvalue weighted by Gasteiger charge is 2.09. The summed E-state index contributed by atoms with van der Waals surface area (Å²) in [5.74, 6) is -1.13. The minimum atomic E-state index is -0.932. The molecule has 3 heteroatoms. The molecule has 0 radical (unpaired) electrons. The number of aryl methyl sites for hydroxylation is 1. The Kier molecular flexibility index (Phi) is 2.88. The maximum absolute atomic E-state index is 10.7. The summed E-state index contributed by atoms with van der Waals surface area (Å²) in [5.41, 5.74) is 1.84. The fourth-order valence-electron chi connectivity index (χ4n) is 1.27. The molecule has 72 valence electrons. The van der Waals surface area contributed by atoms with Gasteiger partial charge in [-0.1, -0.05) is 12.1 Å². The second kappa shape index (κ2) is 3.93. The zero-order valence-electron chi connectivity index (χ0n) is 8.11. The first-order chi connectivity index (χ1) is 6.56. The topological polar surface area (TPSA) is 61.1 Å². The van der Waals surface area contributed by atoms with E-state index < -0.39 is 5.97 Å². The molecule has 3 nitrogen and oxygen atoms in total. The fraction of sp³-hybridized carbons (Fsp3) is 0.273.